The standard InChI is InChI=1S/C14H13NO3S/c1-9-2-3-12(11(6-9)14(17)18)15-13(16)7-10-4-5-19-8-10/h2-6,8H,7H2,1H3,(H,15,16)(H,17,18). The number of aromatic carboxylic acids is 1. The lowest BCUT2D eigenvalue weighted by atomic mass is 10.1. The van der Waals surface area contributed by atoms with Crippen LogP contribution in [0.15, 0.2) is 35.0 Å². The number of carbonyl (C=O) groups is 2. The van der Waals surface area contributed by atoms with Crippen molar-refractivity contribution in [1.82, 2.24) is 0 Å². The molecule has 0 saturated carbocycles. The number of carboxylic acids is 1. The molecule has 0 atom stereocenters. The van der Waals surface area contributed by atoms with Crippen LogP contribution in [0.1, 0.15) is 21.5 Å². The maximum Gasteiger partial charge on any atom is 0.337 e. The van der Waals surface area contributed by atoms with Gasteiger partial charge in [0.2, 0.25) is 5.91 Å². The highest BCUT2D eigenvalue weighted by Crippen LogP contribution is 2.18. The molecule has 19 heavy (non-hydrogen) atoms. The number of benzene rings is 1. The third-order valence-electron chi connectivity index (χ3n) is 2.62. The average molecular weight is 275 g/mol. The lowest BCUT2D eigenvalue weighted by Crippen LogP contribution is -2.16. The predicted octanol–water partition coefficient (Wildman–Crippen LogP) is 2.94. The molecule has 5 heteroatoms. The minimum absolute atomic E-state index is 0.110. The number of nitrogens with one attached hydrogen (secondary N) is 1. The molecule has 2 rings (SSSR count). The Hall–Kier alpha value is -2.14. The van der Waals surface area contributed by atoms with Gasteiger partial charge in [-0.2, -0.15) is 11.3 Å². The lowest BCUT2D eigenvalue weighted by Gasteiger charge is -2.08. The molecule has 0 aliphatic rings. The van der Waals surface area contributed by atoms with Crippen LogP contribution in [0.3, 0.4) is 0 Å². The summed E-state index contributed by atoms with van der Waals surface area (Å²) in [6, 6.07) is 6.80. The van der Waals surface area contributed by atoms with E-state index >= 15 is 0 Å². The fourth-order valence-electron chi connectivity index (χ4n) is 1.72. The highest BCUT2D eigenvalue weighted by atomic mass is 32.1. The molecule has 0 aliphatic carbocycles. The maximum absolute atomic E-state index is 11.8. The van der Waals surface area contributed by atoms with Gasteiger partial charge in [-0.3, -0.25) is 4.79 Å². The van der Waals surface area contributed by atoms with Crippen molar-refractivity contribution < 1.29 is 14.7 Å². The van der Waals surface area contributed by atoms with Gasteiger partial charge in [-0.1, -0.05) is 11.6 Å². The van der Waals surface area contributed by atoms with Crippen LogP contribution >= 0.6 is 11.3 Å². The highest BCUT2D eigenvalue weighted by Gasteiger charge is 2.13. The molecule has 0 bridgehead atoms. The Morgan fingerprint density at radius 1 is 1.32 bits per heavy atom. The van der Waals surface area contributed by atoms with Crippen LogP contribution in [0.25, 0.3) is 0 Å². The number of hydrogen-bond donors (Lipinski definition) is 2. The van der Waals surface area contributed by atoms with Crippen LogP contribution in [0.2, 0.25) is 0 Å². The fourth-order valence-corrected chi connectivity index (χ4v) is 2.39. The van der Waals surface area contributed by atoms with Crippen molar-refractivity contribution in [2.75, 3.05) is 5.32 Å². The summed E-state index contributed by atoms with van der Waals surface area (Å²) in [5.74, 6) is -1.26. The minimum Gasteiger partial charge on any atom is -0.478 e. The third kappa shape index (κ3) is 3.42. The van der Waals surface area contributed by atoms with Gasteiger partial charge in [-0.25, -0.2) is 4.79 Å². The number of carbonyl (C=O) groups excluding carboxylic acids is 1. The number of thiophene rings is 1. The molecular formula is C14H13NO3S. The predicted molar refractivity (Wildman–Crippen MR) is 74.8 cm³/mol. The van der Waals surface area contributed by atoms with Crippen LogP contribution in [0.4, 0.5) is 5.69 Å². The number of amides is 1. The van der Waals surface area contributed by atoms with E-state index in [1.165, 1.54) is 11.3 Å². The van der Waals surface area contributed by atoms with Gasteiger partial charge >= 0.3 is 5.97 Å². The number of hydrogen-bond acceptors (Lipinski definition) is 3. The van der Waals surface area contributed by atoms with Gasteiger partial charge in [0.1, 0.15) is 0 Å². The van der Waals surface area contributed by atoms with Crippen molar-refractivity contribution in [3.8, 4) is 0 Å². The number of anilines is 1. The number of carboxylic acid groups (broad SMARTS) is 1. The number of aryl methyl sites for hydroxylation is 1. The molecule has 2 N–H and O–H groups in total. The second kappa shape index (κ2) is 5.67. The molecule has 0 unspecified atom stereocenters. The van der Waals surface area contributed by atoms with Gasteiger partial charge in [0, 0.05) is 0 Å². The molecule has 0 spiro atoms. The van der Waals surface area contributed by atoms with Gasteiger partial charge in [0.05, 0.1) is 17.7 Å². The Labute approximate surface area is 114 Å². The molecule has 1 aromatic carbocycles. The molecule has 98 valence electrons. The Morgan fingerprint density at radius 3 is 2.74 bits per heavy atom. The van der Waals surface area contributed by atoms with Crippen LogP contribution in [0.5, 0.6) is 0 Å². The monoisotopic (exact) mass is 275 g/mol. The minimum atomic E-state index is -1.05. The van der Waals surface area contributed by atoms with E-state index in [4.69, 9.17) is 5.11 Å². The summed E-state index contributed by atoms with van der Waals surface area (Å²) < 4.78 is 0. The summed E-state index contributed by atoms with van der Waals surface area (Å²) in [4.78, 5) is 23.0. The quantitative estimate of drug-likeness (QED) is 0.901. The first-order chi connectivity index (χ1) is 9.06. The molecule has 0 saturated heterocycles. The Balaban J connectivity index is 2.14. The molecule has 4 nitrogen and oxygen atoms in total. The molecule has 1 amide bonds. The van der Waals surface area contributed by atoms with Crippen LogP contribution < -0.4 is 5.32 Å². The molecular weight excluding hydrogens is 262 g/mol. The summed E-state index contributed by atoms with van der Waals surface area (Å²) in [7, 11) is 0. The molecule has 1 aromatic heterocycles. The topological polar surface area (TPSA) is 66.4 Å². The van der Waals surface area contributed by atoms with Gasteiger partial charge in [-0.15, -0.1) is 0 Å². The summed E-state index contributed by atoms with van der Waals surface area (Å²) in [5.41, 5.74) is 2.21. The van der Waals surface area contributed by atoms with E-state index in [1.807, 2.05) is 23.8 Å². The lowest BCUT2D eigenvalue weighted by molar-refractivity contribution is -0.115. The molecule has 0 aliphatic heterocycles. The van der Waals surface area contributed by atoms with Gasteiger partial charge < -0.3 is 10.4 Å². The van der Waals surface area contributed by atoms with E-state index in [2.05, 4.69) is 5.32 Å². The second-order valence-electron chi connectivity index (χ2n) is 4.21. The Kier molecular flexibility index (Phi) is 3.97. The van der Waals surface area contributed by atoms with Crippen molar-refractivity contribution in [2.45, 2.75) is 13.3 Å². The van der Waals surface area contributed by atoms with Crippen molar-refractivity contribution in [2.24, 2.45) is 0 Å². The van der Waals surface area contributed by atoms with Crippen LogP contribution in [0, 0.1) is 6.92 Å². The summed E-state index contributed by atoms with van der Waals surface area (Å²) in [6.07, 6.45) is 0.246. The largest absolute Gasteiger partial charge is 0.478 e. The average Bonchev–Trinajstić information content (AvgIpc) is 2.83. The first-order valence-electron chi connectivity index (χ1n) is 5.71. The SMILES string of the molecule is Cc1ccc(NC(=O)Cc2ccsc2)c(C(=O)O)c1. The van der Waals surface area contributed by atoms with Crippen molar-refractivity contribution in [3.05, 3.63) is 51.7 Å². The van der Waals surface area contributed by atoms with Gasteiger partial charge in [-0.05, 0) is 41.4 Å². The zero-order chi connectivity index (χ0) is 13.8. The van der Waals surface area contributed by atoms with E-state index in [-0.39, 0.29) is 17.9 Å². The summed E-state index contributed by atoms with van der Waals surface area (Å²) >= 11 is 1.52. The zero-order valence-corrected chi connectivity index (χ0v) is 11.2. The molecule has 0 fully saturated rings. The van der Waals surface area contributed by atoms with Crippen molar-refractivity contribution in [3.63, 3.8) is 0 Å². The fraction of sp³-hybridized carbons (Fsp3) is 0.143. The smallest absolute Gasteiger partial charge is 0.337 e. The van der Waals surface area contributed by atoms with Gasteiger partial charge in [0.25, 0.3) is 0 Å². The molecule has 2 aromatic rings. The third-order valence-corrected chi connectivity index (χ3v) is 3.36. The van der Waals surface area contributed by atoms with Crippen molar-refractivity contribution in [1.29, 1.82) is 0 Å². The van der Waals surface area contributed by atoms with E-state index in [0.717, 1.165) is 11.1 Å². The highest BCUT2D eigenvalue weighted by molar-refractivity contribution is 7.08. The summed E-state index contributed by atoms with van der Waals surface area (Å²) in [5, 5.41) is 15.5. The van der Waals surface area contributed by atoms with Gasteiger partial charge in [0.15, 0.2) is 0 Å². The number of rotatable bonds is 4. The van der Waals surface area contributed by atoms with E-state index in [0.29, 0.717) is 5.69 Å². The molecule has 0 radical (unpaired) electrons. The van der Waals surface area contributed by atoms with Crippen molar-refractivity contribution >= 4 is 28.9 Å². The maximum atomic E-state index is 11.8. The Morgan fingerprint density at radius 2 is 2.11 bits per heavy atom. The normalized spacial score (nSPS) is 10.2. The zero-order valence-electron chi connectivity index (χ0n) is 10.3. The van der Waals surface area contributed by atoms with E-state index < -0.39 is 5.97 Å². The molecule has 1 heterocycles. The van der Waals surface area contributed by atoms with E-state index in [1.54, 1.807) is 18.2 Å². The van der Waals surface area contributed by atoms with Crippen LogP contribution in [-0.4, -0.2) is 17.0 Å². The Bertz CT molecular complexity index is 605. The van der Waals surface area contributed by atoms with E-state index in [9.17, 15) is 9.59 Å². The first-order valence-corrected chi connectivity index (χ1v) is 6.65. The first kappa shape index (κ1) is 13.3. The second-order valence-corrected chi connectivity index (χ2v) is 4.99. The van der Waals surface area contributed by atoms with Crippen LogP contribution in [-0.2, 0) is 11.2 Å². The summed E-state index contributed by atoms with van der Waals surface area (Å²) in [6.45, 7) is 1.81.